The van der Waals surface area contributed by atoms with Gasteiger partial charge in [-0.25, -0.2) is 0 Å². The number of hydrogen-bond donors (Lipinski definition) is 1. The van der Waals surface area contributed by atoms with E-state index >= 15 is 0 Å². The van der Waals surface area contributed by atoms with Crippen molar-refractivity contribution in [1.29, 1.82) is 0 Å². The Labute approximate surface area is 130 Å². The summed E-state index contributed by atoms with van der Waals surface area (Å²) in [4.78, 5) is 17.6. The molecule has 1 saturated heterocycles. The molecule has 1 N–H and O–H groups in total. The van der Waals surface area contributed by atoms with E-state index in [1.54, 1.807) is 6.20 Å². The van der Waals surface area contributed by atoms with Crippen LogP contribution in [0.4, 0.5) is 0 Å². The average Bonchev–Trinajstić information content (AvgIpc) is 2.90. The lowest BCUT2D eigenvalue weighted by atomic mass is 10.0. The maximum atomic E-state index is 11.4. The summed E-state index contributed by atoms with van der Waals surface area (Å²) >= 11 is 0. The Morgan fingerprint density at radius 1 is 1.27 bits per heavy atom. The Morgan fingerprint density at radius 2 is 2.09 bits per heavy atom. The first kappa shape index (κ1) is 14.7. The fraction of sp³-hybridized carbons (Fsp3) is 0.333. The summed E-state index contributed by atoms with van der Waals surface area (Å²) in [5, 5.41) is 9.36. The number of carbonyl (C=O) groups is 1. The van der Waals surface area contributed by atoms with E-state index in [1.807, 2.05) is 24.4 Å². The lowest BCUT2D eigenvalue weighted by Crippen LogP contribution is -2.39. The highest BCUT2D eigenvalue weighted by atomic mass is 16.4. The molecule has 0 amide bonds. The van der Waals surface area contributed by atoms with Gasteiger partial charge in [0.1, 0.15) is 6.04 Å². The first-order chi connectivity index (χ1) is 10.6. The van der Waals surface area contributed by atoms with E-state index in [0.717, 1.165) is 29.5 Å². The Bertz CT molecular complexity index is 657. The molecule has 114 valence electrons. The van der Waals surface area contributed by atoms with Gasteiger partial charge in [0, 0.05) is 25.0 Å². The van der Waals surface area contributed by atoms with E-state index in [1.165, 1.54) is 0 Å². The van der Waals surface area contributed by atoms with Gasteiger partial charge in [0.2, 0.25) is 0 Å². The number of pyridine rings is 1. The summed E-state index contributed by atoms with van der Waals surface area (Å²) in [6.45, 7) is 2.78. The molecule has 3 rings (SSSR count). The highest BCUT2D eigenvalue weighted by molar-refractivity contribution is 5.74. The predicted molar refractivity (Wildman–Crippen MR) is 85.3 cm³/mol. The molecule has 1 aliphatic rings. The summed E-state index contributed by atoms with van der Waals surface area (Å²) in [5.74, 6) is -0.715. The maximum absolute atomic E-state index is 11.4. The van der Waals surface area contributed by atoms with Crippen LogP contribution in [0.1, 0.15) is 25.3 Å². The Balaban J connectivity index is 1.82. The van der Waals surface area contributed by atoms with E-state index in [9.17, 15) is 9.90 Å². The molecule has 0 spiro atoms. The molecule has 4 heteroatoms. The van der Waals surface area contributed by atoms with Crippen molar-refractivity contribution in [2.45, 2.75) is 38.4 Å². The van der Waals surface area contributed by atoms with Crippen LogP contribution in [0.25, 0.3) is 11.1 Å². The van der Waals surface area contributed by atoms with Gasteiger partial charge in [0.15, 0.2) is 0 Å². The van der Waals surface area contributed by atoms with Gasteiger partial charge in [-0.15, -0.1) is 0 Å². The first-order valence-corrected chi connectivity index (χ1v) is 7.63. The number of rotatable bonds is 4. The van der Waals surface area contributed by atoms with E-state index in [-0.39, 0.29) is 6.04 Å². The second-order valence-corrected chi connectivity index (χ2v) is 5.89. The first-order valence-electron chi connectivity index (χ1n) is 7.63. The molecule has 1 fully saturated rings. The molecular formula is C18H20N2O2. The van der Waals surface area contributed by atoms with Crippen molar-refractivity contribution in [1.82, 2.24) is 9.88 Å². The van der Waals surface area contributed by atoms with Crippen LogP contribution in [0.2, 0.25) is 0 Å². The van der Waals surface area contributed by atoms with Crippen LogP contribution in [0.3, 0.4) is 0 Å². The van der Waals surface area contributed by atoms with Crippen molar-refractivity contribution in [2.24, 2.45) is 0 Å². The fourth-order valence-corrected chi connectivity index (χ4v) is 3.16. The molecule has 1 aromatic heterocycles. The summed E-state index contributed by atoms with van der Waals surface area (Å²) in [5.41, 5.74) is 3.33. The average molecular weight is 296 g/mol. The van der Waals surface area contributed by atoms with Crippen LogP contribution in [0.15, 0.2) is 48.8 Å². The predicted octanol–water partition coefficient (Wildman–Crippen LogP) is 3.19. The van der Waals surface area contributed by atoms with Crippen LogP contribution in [0.5, 0.6) is 0 Å². The van der Waals surface area contributed by atoms with E-state index < -0.39 is 5.97 Å². The van der Waals surface area contributed by atoms with Gasteiger partial charge >= 0.3 is 5.97 Å². The van der Waals surface area contributed by atoms with Crippen molar-refractivity contribution in [3.63, 3.8) is 0 Å². The molecule has 0 aliphatic carbocycles. The minimum Gasteiger partial charge on any atom is -0.480 e. The minimum atomic E-state index is -0.715. The second-order valence-electron chi connectivity index (χ2n) is 5.89. The van der Waals surface area contributed by atoms with Crippen LogP contribution < -0.4 is 0 Å². The zero-order valence-corrected chi connectivity index (χ0v) is 12.6. The number of benzene rings is 1. The number of carboxylic acids is 1. The van der Waals surface area contributed by atoms with Crippen LogP contribution in [-0.4, -0.2) is 33.0 Å². The summed E-state index contributed by atoms with van der Waals surface area (Å²) in [6.07, 6.45) is 5.28. The zero-order valence-electron chi connectivity index (χ0n) is 12.6. The largest absolute Gasteiger partial charge is 0.480 e. The zero-order chi connectivity index (χ0) is 15.5. The number of aromatic nitrogens is 1. The Kier molecular flexibility index (Phi) is 4.20. The standard InChI is InChI=1S/C18H20N2O2/c1-13-7-8-17(18(21)22)20(13)12-14-4-2-5-15(10-14)16-6-3-9-19-11-16/h2-6,9-11,13,17H,7-8,12H2,1H3,(H,21,22)/t13-,17-/m1/s1. The monoisotopic (exact) mass is 296 g/mol. The van der Waals surface area contributed by atoms with Gasteiger partial charge in [0.05, 0.1) is 0 Å². The summed E-state index contributed by atoms with van der Waals surface area (Å²) in [6, 6.07) is 12.2. The normalized spacial score (nSPS) is 21.9. The molecular weight excluding hydrogens is 276 g/mol. The van der Waals surface area contributed by atoms with Crippen molar-refractivity contribution < 1.29 is 9.90 Å². The van der Waals surface area contributed by atoms with Crippen LogP contribution in [0, 0.1) is 0 Å². The summed E-state index contributed by atoms with van der Waals surface area (Å²) in [7, 11) is 0. The lowest BCUT2D eigenvalue weighted by molar-refractivity contribution is -0.142. The number of aliphatic carboxylic acids is 1. The topological polar surface area (TPSA) is 53.4 Å². The molecule has 22 heavy (non-hydrogen) atoms. The highest BCUT2D eigenvalue weighted by Crippen LogP contribution is 2.27. The second kappa shape index (κ2) is 6.28. The van der Waals surface area contributed by atoms with Gasteiger partial charge in [-0.2, -0.15) is 0 Å². The Morgan fingerprint density at radius 3 is 2.82 bits per heavy atom. The fourth-order valence-electron chi connectivity index (χ4n) is 3.16. The van der Waals surface area contributed by atoms with Gasteiger partial charge < -0.3 is 5.11 Å². The molecule has 2 atom stereocenters. The van der Waals surface area contributed by atoms with E-state index in [2.05, 4.69) is 35.0 Å². The van der Waals surface area contributed by atoms with Gasteiger partial charge in [0.25, 0.3) is 0 Å². The molecule has 0 unspecified atom stereocenters. The Hall–Kier alpha value is -2.20. The van der Waals surface area contributed by atoms with Crippen molar-refractivity contribution in [3.05, 3.63) is 54.4 Å². The van der Waals surface area contributed by atoms with Gasteiger partial charge in [-0.3, -0.25) is 14.7 Å². The van der Waals surface area contributed by atoms with Crippen LogP contribution in [-0.2, 0) is 11.3 Å². The number of hydrogen-bond acceptors (Lipinski definition) is 3. The number of carboxylic acid groups (broad SMARTS) is 1. The van der Waals surface area contributed by atoms with Crippen LogP contribution >= 0.6 is 0 Å². The molecule has 2 aromatic rings. The van der Waals surface area contributed by atoms with Gasteiger partial charge in [-0.05, 0) is 48.6 Å². The number of likely N-dealkylation sites (tertiary alicyclic amines) is 1. The highest BCUT2D eigenvalue weighted by Gasteiger charge is 2.35. The van der Waals surface area contributed by atoms with E-state index in [4.69, 9.17) is 0 Å². The van der Waals surface area contributed by atoms with Gasteiger partial charge in [-0.1, -0.05) is 24.3 Å². The maximum Gasteiger partial charge on any atom is 0.320 e. The third-order valence-electron chi connectivity index (χ3n) is 4.40. The molecule has 2 heterocycles. The number of nitrogens with zero attached hydrogens (tertiary/aromatic N) is 2. The third-order valence-corrected chi connectivity index (χ3v) is 4.40. The SMILES string of the molecule is C[C@@H]1CC[C@H](C(=O)O)N1Cc1cccc(-c2cccnc2)c1. The molecule has 4 nitrogen and oxygen atoms in total. The van der Waals surface area contributed by atoms with Crippen molar-refractivity contribution in [3.8, 4) is 11.1 Å². The molecule has 1 aromatic carbocycles. The summed E-state index contributed by atoms with van der Waals surface area (Å²) < 4.78 is 0. The quantitative estimate of drug-likeness (QED) is 0.941. The molecule has 0 saturated carbocycles. The molecule has 1 aliphatic heterocycles. The lowest BCUT2D eigenvalue weighted by Gasteiger charge is -2.26. The smallest absolute Gasteiger partial charge is 0.320 e. The van der Waals surface area contributed by atoms with Crippen molar-refractivity contribution >= 4 is 5.97 Å². The van der Waals surface area contributed by atoms with E-state index in [0.29, 0.717) is 12.6 Å². The van der Waals surface area contributed by atoms with Crippen molar-refractivity contribution in [2.75, 3.05) is 0 Å². The molecule has 0 radical (unpaired) electrons. The molecule has 0 bridgehead atoms. The third kappa shape index (κ3) is 3.02. The minimum absolute atomic E-state index is 0.308.